The van der Waals surface area contributed by atoms with Gasteiger partial charge in [-0.2, -0.15) is 0 Å². The van der Waals surface area contributed by atoms with E-state index in [4.69, 9.17) is 9.47 Å². The first kappa shape index (κ1) is 24.3. The Kier molecular flexibility index (Phi) is 7.06. The number of ether oxygens (including phenoxy) is 2. The van der Waals surface area contributed by atoms with Gasteiger partial charge < -0.3 is 14.8 Å². The second-order valence-electron chi connectivity index (χ2n) is 8.37. The summed E-state index contributed by atoms with van der Waals surface area (Å²) >= 11 is 0. The highest BCUT2D eigenvalue weighted by atomic mass is 19.1. The quantitative estimate of drug-likeness (QED) is 0.529. The zero-order chi connectivity index (χ0) is 25.1. The van der Waals surface area contributed by atoms with Crippen molar-refractivity contribution in [1.29, 1.82) is 0 Å². The van der Waals surface area contributed by atoms with Crippen LogP contribution in [0.1, 0.15) is 42.1 Å². The summed E-state index contributed by atoms with van der Waals surface area (Å²) in [6.45, 7) is -0.0437. The molecule has 1 N–H and O–H groups in total. The van der Waals surface area contributed by atoms with Gasteiger partial charge in [0.2, 0.25) is 5.91 Å². The summed E-state index contributed by atoms with van der Waals surface area (Å²) in [5, 5.41) is 2.83. The molecule has 0 bridgehead atoms. The molecule has 184 valence electrons. The topological polar surface area (TPSA) is 122 Å². The number of carbonyl (C=O) groups is 2. The Labute approximate surface area is 199 Å². The minimum atomic E-state index is -0.709. The largest absolute Gasteiger partial charge is 0.465 e. The maximum atomic E-state index is 14.1. The first-order chi connectivity index (χ1) is 16.8. The minimum absolute atomic E-state index is 0.0137. The van der Waals surface area contributed by atoms with Crippen LogP contribution in [-0.4, -0.2) is 52.9 Å². The Morgan fingerprint density at radius 3 is 2.57 bits per heavy atom. The van der Waals surface area contributed by atoms with Gasteiger partial charge in [0.15, 0.2) is 5.65 Å². The number of fused-ring (bicyclic) bond motifs is 1. The maximum absolute atomic E-state index is 14.1. The number of pyridine rings is 1. The van der Waals surface area contributed by atoms with Crippen LogP contribution in [0.25, 0.3) is 16.7 Å². The summed E-state index contributed by atoms with van der Waals surface area (Å²) in [6.07, 6.45) is 2.97. The van der Waals surface area contributed by atoms with E-state index in [1.165, 1.54) is 30.9 Å². The average molecular weight is 484 g/mol. The predicted octanol–water partition coefficient (Wildman–Crippen LogP) is 1.72. The van der Waals surface area contributed by atoms with E-state index in [0.717, 1.165) is 16.8 Å². The van der Waals surface area contributed by atoms with E-state index < -0.39 is 29.1 Å². The molecule has 2 aromatic heterocycles. The van der Waals surface area contributed by atoms with Crippen molar-refractivity contribution in [2.24, 2.45) is 0 Å². The van der Waals surface area contributed by atoms with Gasteiger partial charge in [-0.25, -0.2) is 23.5 Å². The molecular formula is C24H25FN4O6. The van der Waals surface area contributed by atoms with Crippen molar-refractivity contribution in [3.05, 3.63) is 68.7 Å². The van der Waals surface area contributed by atoms with Crippen LogP contribution in [0.15, 0.2) is 46.1 Å². The van der Waals surface area contributed by atoms with Gasteiger partial charge >= 0.3 is 11.7 Å². The van der Waals surface area contributed by atoms with Crippen LogP contribution in [0.2, 0.25) is 0 Å². The summed E-state index contributed by atoms with van der Waals surface area (Å²) in [5.41, 5.74) is -0.798. The zero-order valence-electron chi connectivity index (χ0n) is 19.3. The fourth-order valence-electron chi connectivity index (χ4n) is 4.51. The van der Waals surface area contributed by atoms with Crippen molar-refractivity contribution < 1.29 is 23.5 Å². The molecule has 1 aliphatic carbocycles. The van der Waals surface area contributed by atoms with Crippen molar-refractivity contribution >= 4 is 22.9 Å². The number of amides is 1. The van der Waals surface area contributed by atoms with Gasteiger partial charge in [-0.1, -0.05) is 6.07 Å². The van der Waals surface area contributed by atoms with Crippen molar-refractivity contribution in [2.75, 3.05) is 20.8 Å². The molecule has 1 fully saturated rings. The Hall–Kier alpha value is -3.86. The monoisotopic (exact) mass is 484 g/mol. The van der Waals surface area contributed by atoms with E-state index >= 15 is 0 Å². The van der Waals surface area contributed by atoms with Crippen LogP contribution in [-0.2, 0) is 14.3 Å². The summed E-state index contributed by atoms with van der Waals surface area (Å²) in [5.74, 6) is -1.53. The SMILES string of the molecule is COCC(=O)N[C@H]1CC[C@@H](n2c(=O)c3cc(F)cnc3n(-c3cccc(C(=O)OC)c3)c2=O)CC1. The van der Waals surface area contributed by atoms with Crippen LogP contribution in [0.4, 0.5) is 4.39 Å². The number of carbonyl (C=O) groups excluding carboxylic acids is 2. The Morgan fingerprint density at radius 2 is 1.89 bits per heavy atom. The number of nitrogens with zero attached hydrogens (tertiary/aromatic N) is 3. The number of hydrogen-bond donors (Lipinski definition) is 1. The number of hydrogen-bond acceptors (Lipinski definition) is 7. The normalized spacial score (nSPS) is 17.8. The Balaban J connectivity index is 1.79. The molecule has 0 spiro atoms. The van der Waals surface area contributed by atoms with Crippen LogP contribution in [0, 0.1) is 5.82 Å². The molecular weight excluding hydrogens is 459 g/mol. The number of aromatic nitrogens is 3. The van der Waals surface area contributed by atoms with Gasteiger partial charge in [0, 0.05) is 19.2 Å². The van der Waals surface area contributed by atoms with Gasteiger partial charge in [-0.15, -0.1) is 0 Å². The molecule has 4 rings (SSSR count). The standard InChI is InChI=1S/C24H25FN4O6/c1-34-13-20(30)27-16-6-8-17(9-7-16)29-22(31)19-11-15(25)12-26-21(19)28(24(29)33)18-5-3-4-14(10-18)23(32)35-2/h3-5,10-12,16-17H,6-9,13H2,1-2H3,(H,27,30)/t16-,17+. The molecule has 0 aliphatic heterocycles. The summed E-state index contributed by atoms with van der Waals surface area (Å²) in [6, 6.07) is 6.66. The molecule has 1 aromatic carbocycles. The molecule has 0 unspecified atom stereocenters. The highest BCUT2D eigenvalue weighted by Gasteiger charge is 2.28. The number of halogens is 1. The average Bonchev–Trinajstić information content (AvgIpc) is 2.85. The zero-order valence-corrected chi connectivity index (χ0v) is 19.3. The van der Waals surface area contributed by atoms with Gasteiger partial charge in [-0.05, 0) is 49.9 Å². The molecule has 0 saturated heterocycles. The number of benzene rings is 1. The van der Waals surface area contributed by atoms with Crippen molar-refractivity contribution in [3.63, 3.8) is 0 Å². The first-order valence-electron chi connectivity index (χ1n) is 11.1. The first-order valence-corrected chi connectivity index (χ1v) is 11.1. The van der Waals surface area contributed by atoms with Gasteiger partial charge in [0.05, 0.1) is 29.9 Å². The highest BCUT2D eigenvalue weighted by molar-refractivity contribution is 5.90. The van der Waals surface area contributed by atoms with Crippen molar-refractivity contribution in [2.45, 2.75) is 37.8 Å². The Morgan fingerprint density at radius 1 is 1.14 bits per heavy atom. The molecule has 1 aliphatic rings. The lowest BCUT2D eigenvalue weighted by molar-refractivity contribution is -0.125. The molecule has 10 nitrogen and oxygen atoms in total. The fraction of sp³-hybridized carbons (Fsp3) is 0.375. The number of esters is 1. The third-order valence-corrected chi connectivity index (χ3v) is 6.12. The van der Waals surface area contributed by atoms with Crippen molar-refractivity contribution in [1.82, 2.24) is 19.4 Å². The molecule has 35 heavy (non-hydrogen) atoms. The third kappa shape index (κ3) is 4.85. The fourth-order valence-corrected chi connectivity index (χ4v) is 4.51. The third-order valence-electron chi connectivity index (χ3n) is 6.12. The van der Waals surface area contributed by atoms with Gasteiger partial charge in [-0.3, -0.25) is 14.2 Å². The molecule has 1 amide bonds. The van der Waals surface area contributed by atoms with Crippen LogP contribution in [0.5, 0.6) is 0 Å². The molecule has 3 aromatic rings. The number of rotatable bonds is 6. The lowest BCUT2D eigenvalue weighted by Crippen LogP contribution is -2.45. The maximum Gasteiger partial charge on any atom is 0.337 e. The van der Waals surface area contributed by atoms with Crippen LogP contribution < -0.4 is 16.6 Å². The minimum Gasteiger partial charge on any atom is -0.465 e. The van der Waals surface area contributed by atoms with E-state index in [-0.39, 0.29) is 40.8 Å². The number of methoxy groups -OCH3 is 2. The second-order valence-corrected chi connectivity index (χ2v) is 8.37. The van der Waals surface area contributed by atoms with E-state index in [2.05, 4.69) is 10.3 Å². The van der Waals surface area contributed by atoms with Crippen LogP contribution >= 0.6 is 0 Å². The summed E-state index contributed by atoms with van der Waals surface area (Å²) in [7, 11) is 2.68. The van der Waals surface area contributed by atoms with E-state index in [1.807, 2.05) is 0 Å². The van der Waals surface area contributed by atoms with Crippen molar-refractivity contribution in [3.8, 4) is 5.69 Å². The molecule has 2 heterocycles. The molecule has 11 heteroatoms. The molecule has 0 radical (unpaired) electrons. The van der Waals surface area contributed by atoms with E-state index in [1.54, 1.807) is 12.1 Å². The van der Waals surface area contributed by atoms with Gasteiger partial charge in [0.25, 0.3) is 5.56 Å². The summed E-state index contributed by atoms with van der Waals surface area (Å²) < 4.78 is 26.0. The van der Waals surface area contributed by atoms with Gasteiger partial charge in [0.1, 0.15) is 12.4 Å². The number of nitrogens with one attached hydrogen (secondary N) is 1. The molecule has 0 atom stereocenters. The predicted molar refractivity (Wildman–Crippen MR) is 124 cm³/mol. The van der Waals surface area contributed by atoms with E-state index in [0.29, 0.717) is 25.7 Å². The van der Waals surface area contributed by atoms with Crippen LogP contribution in [0.3, 0.4) is 0 Å². The molecule has 1 saturated carbocycles. The summed E-state index contributed by atoms with van der Waals surface area (Å²) in [4.78, 5) is 54.9. The Bertz CT molecular complexity index is 1390. The lowest BCUT2D eigenvalue weighted by Gasteiger charge is -2.30. The smallest absolute Gasteiger partial charge is 0.337 e. The van der Waals surface area contributed by atoms with E-state index in [9.17, 15) is 23.6 Å². The lowest BCUT2D eigenvalue weighted by atomic mass is 9.91. The second kappa shape index (κ2) is 10.2. The highest BCUT2D eigenvalue weighted by Crippen LogP contribution is 2.27.